The number of fused-ring (bicyclic) bond motifs is 1. The van der Waals surface area contributed by atoms with E-state index in [0.717, 1.165) is 44.3 Å². The first-order chi connectivity index (χ1) is 14.8. The van der Waals surface area contributed by atoms with Gasteiger partial charge in [0.25, 0.3) is 5.91 Å². The van der Waals surface area contributed by atoms with Crippen molar-refractivity contribution >= 4 is 27.5 Å². The predicted octanol–water partition coefficient (Wildman–Crippen LogP) is 1.17. The standard InChI is InChI=1S/C22H32N4O4S/c1-31(29,30)26-11-5-6-18-16-19(7-8-20(18)26)22(28)25-14-12-23(13-15-25)17-21(27)24-9-3-2-4-10-24/h7-8,16H,2-6,9-15,17H2,1H3. The van der Waals surface area contributed by atoms with Crippen LogP contribution in [0.1, 0.15) is 41.6 Å². The van der Waals surface area contributed by atoms with Gasteiger partial charge in [0.15, 0.2) is 0 Å². The van der Waals surface area contributed by atoms with Crippen LogP contribution in [-0.2, 0) is 21.2 Å². The van der Waals surface area contributed by atoms with Crippen molar-refractivity contribution in [3.63, 3.8) is 0 Å². The first-order valence-electron chi connectivity index (χ1n) is 11.2. The van der Waals surface area contributed by atoms with E-state index in [1.807, 2.05) is 15.9 Å². The fourth-order valence-electron chi connectivity index (χ4n) is 4.77. The van der Waals surface area contributed by atoms with Crippen LogP contribution in [0.2, 0.25) is 0 Å². The molecule has 3 aliphatic rings. The van der Waals surface area contributed by atoms with E-state index >= 15 is 0 Å². The SMILES string of the molecule is CS(=O)(=O)N1CCCc2cc(C(=O)N3CCN(CC(=O)N4CCCCC4)CC3)ccc21. The average molecular weight is 449 g/mol. The van der Waals surface area contributed by atoms with Crippen molar-refractivity contribution in [3.05, 3.63) is 29.3 Å². The number of piperazine rings is 1. The Morgan fingerprint density at radius 1 is 0.871 bits per heavy atom. The maximum atomic E-state index is 13.0. The molecule has 3 heterocycles. The first kappa shape index (κ1) is 22.1. The highest BCUT2D eigenvalue weighted by Crippen LogP contribution is 2.30. The van der Waals surface area contributed by atoms with Gasteiger partial charge >= 0.3 is 0 Å². The minimum atomic E-state index is -3.32. The quantitative estimate of drug-likeness (QED) is 0.691. The lowest BCUT2D eigenvalue weighted by molar-refractivity contribution is -0.133. The Bertz CT molecular complexity index is 935. The predicted molar refractivity (Wildman–Crippen MR) is 120 cm³/mol. The molecule has 0 aliphatic carbocycles. The highest BCUT2D eigenvalue weighted by atomic mass is 32.2. The Labute approximate surface area is 184 Å². The van der Waals surface area contributed by atoms with Crippen LogP contribution in [0.4, 0.5) is 5.69 Å². The molecule has 8 nitrogen and oxygen atoms in total. The van der Waals surface area contributed by atoms with Crippen LogP contribution in [0.5, 0.6) is 0 Å². The molecule has 2 fully saturated rings. The monoisotopic (exact) mass is 448 g/mol. The molecule has 0 bridgehead atoms. The molecule has 3 aliphatic heterocycles. The molecule has 0 unspecified atom stereocenters. The van der Waals surface area contributed by atoms with Crippen molar-refractivity contribution in [1.82, 2.24) is 14.7 Å². The van der Waals surface area contributed by atoms with Gasteiger partial charge in [-0.1, -0.05) is 0 Å². The van der Waals surface area contributed by atoms with Gasteiger partial charge in [0.05, 0.1) is 18.5 Å². The van der Waals surface area contributed by atoms with E-state index in [1.54, 1.807) is 12.1 Å². The maximum Gasteiger partial charge on any atom is 0.253 e. The normalized spacial score (nSPS) is 20.5. The van der Waals surface area contributed by atoms with Crippen molar-refractivity contribution in [2.24, 2.45) is 0 Å². The van der Waals surface area contributed by atoms with E-state index in [9.17, 15) is 18.0 Å². The summed E-state index contributed by atoms with van der Waals surface area (Å²) in [5.74, 6) is 0.172. The molecule has 0 saturated carbocycles. The van der Waals surface area contributed by atoms with Crippen LogP contribution < -0.4 is 4.31 Å². The molecule has 1 aromatic carbocycles. The number of nitrogens with zero attached hydrogens (tertiary/aromatic N) is 4. The van der Waals surface area contributed by atoms with Gasteiger partial charge in [-0.15, -0.1) is 0 Å². The minimum absolute atomic E-state index is 0.0266. The van der Waals surface area contributed by atoms with E-state index in [-0.39, 0.29) is 11.8 Å². The molecule has 2 saturated heterocycles. The molecular weight excluding hydrogens is 416 g/mol. The van der Waals surface area contributed by atoms with Crippen LogP contribution in [0.3, 0.4) is 0 Å². The van der Waals surface area contributed by atoms with E-state index in [4.69, 9.17) is 0 Å². The first-order valence-corrected chi connectivity index (χ1v) is 13.1. The highest BCUT2D eigenvalue weighted by Gasteiger charge is 2.28. The lowest BCUT2D eigenvalue weighted by Crippen LogP contribution is -2.52. The zero-order valence-corrected chi connectivity index (χ0v) is 19.1. The number of piperidine rings is 1. The van der Waals surface area contributed by atoms with E-state index in [1.165, 1.54) is 17.0 Å². The molecule has 9 heteroatoms. The van der Waals surface area contributed by atoms with Gasteiger partial charge in [0.2, 0.25) is 15.9 Å². The van der Waals surface area contributed by atoms with Crippen molar-refractivity contribution in [1.29, 1.82) is 0 Å². The van der Waals surface area contributed by atoms with Crippen LogP contribution in [-0.4, -0.2) is 93.5 Å². The van der Waals surface area contributed by atoms with Crippen molar-refractivity contribution in [2.45, 2.75) is 32.1 Å². The molecule has 0 aromatic heterocycles. The smallest absolute Gasteiger partial charge is 0.253 e. The van der Waals surface area contributed by atoms with Crippen molar-refractivity contribution in [2.75, 3.05) is 62.9 Å². The summed E-state index contributed by atoms with van der Waals surface area (Å²) < 4.78 is 25.5. The van der Waals surface area contributed by atoms with Crippen LogP contribution in [0.15, 0.2) is 18.2 Å². The number of amides is 2. The zero-order chi connectivity index (χ0) is 22.0. The lowest BCUT2D eigenvalue weighted by atomic mass is 10.00. The molecule has 0 radical (unpaired) electrons. The second kappa shape index (κ2) is 9.16. The summed E-state index contributed by atoms with van der Waals surface area (Å²) in [6.45, 7) is 5.23. The molecule has 4 rings (SSSR count). The molecule has 1 aromatic rings. The number of carbonyl (C=O) groups excluding carboxylic acids is 2. The maximum absolute atomic E-state index is 13.0. The fourth-order valence-corrected chi connectivity index (χ4v) is 5.76. The largest absolute Gasteiger partial charge is 0.342 e. The molecule has 2 amide bonds. The number of hydrogen-bond donors (Lipinski definition) is 0. The topological polar surface area (TPSA) is 81.2 Å². The molecule has 170 valence electrons. The van der Waals surface area contributed by atoms with Gasteiger partial charge < -0.3 is 9.80 Å². The third kappa shape index (κ3) is 5.03. The number of benzene rings is 1. The molecular formula is C22H32N4O4S. The number of rotatable bonds is 4. The second-order valence-electron chi connectivity index (χ2n) is 8.79. The van der Waals surface area contributed by atoms with Gasteiger partial charge in [0, 0.05) is 51.4 Å². The van der Waals surface area contributed by atoms with E-state index in [2.05, 4.69) is 4.90 Å². The van der Waals surface area contributed by atoms with E-state index < -0.39 is 10.0 Å². The Morgan fingerprint density at radius 3 is 2.26 bits per heavy atom. The Kier molecular flexibility index (Phi) is 6.52. The summed E-state index contributed by atoms with van der Waals surface area (Å²) >= 11 is 0. The van der Waals surface area contributed by atoms with Gasteiger partial charge in [0.1, 0.15) is 0 Å². The van der Waals surface area contributed by atoms with Crippen molar-refractivity contribution in [3.8, 4) is 0 Å². The third-order valence-electron chi connectivity index (χ3n) is 6.53. The fraction of sp³-hybridized carbons (Fsp3) is 0.636. The summed E-state index contributed by atoms with van der Waals surface area (Å²) in [5.41, 5.74) is 2.20. The number of sulfonamides is 1. The Morgan fingerprint density at radius 2 is 1.58 bits per heavy atom. The van der Waals surface area contributed by atoms with Gasteiger partial charge in [-0.2, -0.15) is 0 Å². The summed E-state index contributed by atoms with van der Waals surface area (Å²) in [6, 6.07) is 5.34. The summed E-state index contributed by atoms with van der Waals surface area (Å²) in [5, 5.41) is 0. The van der Waals surface area contributed by atoms with Crippen molar-refractivity contribution < 1.29 is 18.0 Å². The number of aryl methyl sites for hydroxylation is 1. The Balaban J connectivity index is 1.35. The number of likely N-dealkylation sites (tertiary alicyclic amines) is 1. The zero-order valence-electron chi connectivity index (χ0n) is 18.3. The summed E-state index contributed by atoms with van der Waals surface area (Å²) in [4.78, 5) is 31.5. The Hall–Kier alpha value is -2.13. The molecule has 0 spiro atoms. The van der Waals surface area contributed by atoms with Gasteiger partial charge in [-0.25, -0.2) is 8.42 Å². The molecule has 31 heavy (non-hydrogen) atoms. The molecule has 0 atom stereocenters. The minimum Gasteiger partial charge on any atom is -0.342 e. The lowest BCUT2D eigenvalue weighted by Gasteiger charge is -2.36. The number of anilines is 1. The van der Waals surface area contributed by atoms with Gasteiger partial charge in [-0.3, -0.25) is 18.8 Å². The summed E-state index contributed by atoms with van der Waals surface area (Å²) in [7, 11) is -3.32. The highest BCUT2D eigenvalue weighted by molar-refractivity contribution is 7.92. The van der Waals surface area contributed by atoms with Gasteiger partial charge in [-0.05, 0) is 55.9 Å². The molecule has 0 N–H and O–H groups in total. The number of carbonyl (C=O) groups is 2. The van der Waals surface area contributed by atoms with Crippen LogP contribution in [0, 0.1) is 0 Å². The van der Waals surface area contributed by atoms with Crippen LogP contribution >= 0.6 is 0 Å². The average Bonchev–Trinajstić information content (AvgIpc) is 2.78. The second-order valence-corrected chi connectivity index (χ2v) is 10.7. The van der Waals surface area contributed by atoms with E-state index in [0.29, 0.717) is 50.5 Å². The van der Waals surface area contributed by atoms with Crippen LogP contribution in [0.25, 0.3) is 0 Å². The summed E-state index contributed by atoms with van der Waals surface area (Å²) in [6.07, 6.45) is 6.14. The number of hydrogen-bond acceptors (Lipinski definition) is 5. The third-order valence-corrected chi connectivity index (χ3v) is 7.71.